The summed E-state index contributed by atoms with van der Waals surface area (Å²) in [4.78, 5) is -0.607. The molecule has 2 heterocycles. The van der Waals surface area contributed by atoms with Crippen LogP contribution >= 0.6 is 11.6 Å². The fraction of sp³-hybridized carbons (Fsp3) is 0.143. The first-order valence-corrected chi connectivity index (χ1v) is 5.87. The normalized spacial score (nSPS) is 14.2. The Balaban J connectivity index is 1.89. The number of halogens is 1. The first-order valence-electron chi connectivity index (χ1n) is 5.49. The molecule has 0 atom stereocenters. The molecule has 4 rings (SSSR count). The number of fused-ring (bicyclic) bond motifs is 2. The standard InChI is InChI=1S/C14H9ClO2/c1-14(15,8-4-2-6-10-12(8)16-10)9-5-3-7-11-13(9)17-11/h2-7H,1H3. The lowest BCUT2D eigenvalue weighted by molar-refractivity contribution is 0.623. The molecule has 2 nitrogen and oxygen atoms in total. The van der Waals surface area contributed by atoms with Crippen LogP contribution in [0.25, 0.3) is 0 Å². The Hall–Kier alpha value is -1.67. The van der Waals surface area contributed by atoms with Gasteiger partial charge >= 0.3 is 0 Å². The van der Waals surface area contributed by atoms with Crippen molar-refractivity contribution in [1.29, 1.82) is 0 Å². The van der Waals surface area contributed by atoms with E-state index in [1.54, 1.807) is 0 Å². The van der Waals surface area contributed by atoms with Crippen molar-refractivity contribution in [3.63, 3.8) is 0 Å². The second-order valence-electron chi connectivity index (χ2n) is 4.47. The third kappa shape index (κ3) is 1.22. The molecular formula is C14H9ClO2. The van der Waals surface area contributed by atoms with Gasteiger partial charge in [-0.2, -0.15) is 0 Å². The van der Waals surface area contributed by atoms with Gasteiger partial charge in [-0.05, 0) is 19.1 Å². The van der Waals surface area contributed by atoms with Crippen LogP contribution in [0, 0.1) is 0 Å². The maximum atomic E-state index is 6.70. The van der Waals surface area contributed by atoms with E-state index < -0.39 is 4.87 Å². The first-order chi connectivity index (χ1) is 8.18. The summed E-state index contributed by atoms with van der Waals surface area (Å²) in [6.45, 7) is 1.98. The predicted octanol–water partition coefficient (Wildman–Crippen LogP) is 4.40. The average molecular weight is 245 g/mol. The second-order valence-corrected chi connectivity index (χ2v) is 5.23. The molecule has 2 aliphatic heterocycles. The highest BCUT2D eigenvalue weighted by molar-refractivity contribution is 6.26. The van der Waals surface area contributed by atoms with Crippen LogP contribution in [0.2, 0.25) is 0 Å². The molecule has 0 aliphatic carbocycles. The SMILES string of the molecule is CC(Cl)(c1cccc2c1O2)c1cccc2c1O2. The molecule has 0 unspecified atom stereocenters. The molecule has 0 fully saturated rings. The highest BCUT2D eigenvalue weighted by Gasteiger charge is 2.41. The molecule has 0 N–H and O–H groups in total. The van der Waals surface area contributed by atoms with Gasteiger partial charge in [-0.25, -0.2) is 0 Å². The van der Waals surface area contributed by atoms with Crippen LogP contribution in [0.4, 0.5) is 0 Å². The number of rotatable bonds is 2. The summed E-state index contributed by atoms with van der Waals surface area (Å²) in [5, 5.41) is 0. The quantitative estimate of drug-likeness (QED) is 0.386. The van der Waals surface area contributed by atoms with Gasteiger partial charge in [-0.1, -0.05) is 24.3 Å². The van der Waals surface area contributed by atoms with E-state index in [0.717, 1.165) is 34.1 Å². The minimum Gasteiger partial charge on any atom is -0.449 e. The van der Waals surface area contributed by atoms with Crippen molar-refractivity contribution in [2.45, 2.75) is 11.8 Å². The number of benzene rings is 2. The second kappa shape index (κ2) is 2.77. The monoisotopic (exact) mass is 244 g/mol. The van der Waals surface area contributed by atoms with Gasteiger partial charge < -0.3 is 9.47 Å². The number of hydrogen-bond donors (Lipinski definition) is 0. The molecule has 2 aromatic rings. The maximum Gasteiger partial charge on any atom is 0.175 e. The van der Waals surface area contributed by atoms with Gasteiger partial charge in [-0.15, -0.1) is 11.6 Å². The molecule has 2 aliphatic rings. The van der Waals surface area contributed by atoms with Crippen molar-refractivity contribution in [1.82, 2.24) is 0 Å². The molecule has 17 heavy (non-hydrogen) atoms. The minimum absolute atomic E-state index is 0.607. The molecule has 0 saturated carbocycles. The lowest BCUT2D eigenvalue weighted by Crippen LogP contribution is -2.13. The summed E-state index contributed by atoms with van der Waals surface area (Å²) in [7, 11) is 0. The van der Waals surface area contributed by atoms with E-state index in [1.165, 1.54) is 0 Å². The fourth-order valence-corrected chi connectivity index (χ4v) is 2.56. The molecule has 0 bridgehead atoms. The summed E-state index contributed by atoms with van der Waals surface area (Å²) in [6.07, 6.45) is 0. The largest absolute Gasteiger partial charge is 0.449 e. The Labute approximate surface area is 104 Å². The van der Waals surface area contributed by atoms with Crippen LogP contribution in [0.5, 0.6) is 23.0 Å². The Bertz CT molecular complexity index is 591. The van der Waals surface area contributed by atoms with Gasteiger partial charge in [0.1, 0.15) is 0 Å². The summed E-state index contributed by atoms with van der Waals surface area (Å²) in [6, 6.07) is 11.8. The van der Waals surface area contributed by atoms with Gasteiger partial charge in [0.25, 0.3) is 0 Å². The number of ether oxygens (including phenoxy) is 2. The Morgan fingerprint density at radius 2 is 1.35 bits per heavy atom. The summed E-state index contributed by atoms with van der Waals surface area (Å²) in [5.74, 6) is 3.66. The van der Waals surface area contributed by atoms with Crippen molar-refractivity contribution in [3.05, 3.63) is 47.5 Å². The van der Waals surface area contributed by atoms with Crippen LogP contribution in [-0.4, -0.2) is 0 Å². The van der Waals surface area contributed by atoms with E-state index in [-0.39, 0.29) is 0 Å². The van der Waals surface area contributed by atoms with E-state index in [4.69, 9.17) is 21.1 Å². The predicted molar refractivity (Wildman–Crippen MR) is 65.3 cm³/mol. The van der Waals surface area contributed by atoms with Crippen LogP contribution in [0.3, 0.4) is 0 Å². The number of para-hydroxylation sites is 2. The zero-order chi connectivity index (χ0) is 11.6. The molecular weight excluding hydrogens is 236 g/mol. The zero-order valence-corrected chi connectivity index (χ0v) is 9.91. The highest BCUT2D eigenvalue weighted by Crippen LogP contribution is 2.59. The van der Waals surface area contributed by atoms with Crippen molar-refractivity contribution >= 4 is 11.6 Å². The van der Waals surface area contributed by atoms with E-state index in [0.29, 0.717) is 0 Å². The molecule has 0 spiro atoms. The molecule has 0 saturated heterocycles. The minimum atomic E-state index is -0.607. The third-order valence-electron chi connectivity index (χ3n) is 3.31. The van der Waals surface area contributed by atoms with E-state index in [9.17, 15) is 0 Å². The van der Waals surface area contributed by atoms with Crippen molar-refractivity contribution < 1.29 is 9.47 Å². The Morgan fingerprint density at radius 3 is 1.82 bits per heavy atom. The molecule has 0 radical (unpaired) electrons. The first kappa shape index (κ1) is 9.37. The van der Waals surface area contributed by atoms with Gasteiger partial charge in [0.2, 0.25) is 0 Å². The van der Waals surface area contributed by atoms with E-state index in [1.807, 2.05) is 43.3 Å². The summed E-state index contributed by atoms with van der Waals surface area (Å²) in [5.41, 5.74) is 2.00. The summed E-state index contributed by atoms with van der Waals surface area (Å²) < 4.78 is 10.8. The van der Waals surface area contributed by atoms with E-state index >= 15 is 0 Å². The molecule has 84 valence electrons. The molecule has 0 amide bonds. The lowest BCUT2D eigenvalue weighted by Gasteiger charge is -2.20. The van der Waals surface area contributed by atoms with Gasteiger partial charge in [-0.3, -0.25) is 0 Å². The molecule has 0 aromatic heterocycles. The maximum absolute atomic E-state index is 6.70. The van der Waals surface area contributed by atoms with Gasteiger partial charge in [0, 0.05) is 11.1 Å². The Kier molecular flexibility index (Phi) is 1.53. The topological polar surface area (TPSA) is 25.1 Å². The third-order valence-corrected chi connectivity index (χ3v) is 3.72. The van der Waals surface area contributed by atoms with Crippen LogP contribution in [0.15, 0.2) is 36.4 Å². The van der Waals surface area contributed by atoms with Crippen molar-refractivity contribution in [3.8, 4) is 23.0 Å². The van der Waals surface area contributed by atoms with Crippen LogP contribution in [-0.2, 0) is 4.87 Å². The highest BCUT2D eigenvalue weighted by atomic mass is 35.5. The van der Waals surface area contributed by atoms with Crippen LogP contribution in [0.1, 0.15) is 18.1 Å². The number of hydrogen-bond acceptors (Lipinski definition) is 2. The summed E-state index contributed by atoms with van der Waals surface area (Å²) >= 11 is 6.70. The van der Waals surface area contributed by atoms with Crippen LogP contribution < -0.4 is 9.47 Å². The lowest BCUT2D eigenvalue weighted by atomic mass is 9.92. The number of alkyl halides is 1. The zero-order valence-electron chi connectivity index (χ0n) is 9.16. The molecule has 3 heteroatoms. The average Bonchev–Trinajstić information content (AvgIpc) is 3.19. The molecule has 2 aromatic carbocycles. The van der Waals surface area contributed by atoms with E-state index in [2.05, 4.69) is 0 Å². The van der Waals surface area contributed by atoms with Crippen molar-refractivity contribution in [2.24, 2.45) is 0 Å². The Morgan fingerprint density at radius 1 is 0.882 bits per heavy atom. The van der Waals surface area contributed by atoms with Crippen molar-refractivity contribution in [2.75, 3.05) is 0 Å². The smallest absolute Gasteiger partial charge is 0.175 e. The van der Waals surface area contributed by atoms with Gasteiger partial charge in [0.05, 0.1) is 4.87 Å². The van der Waals surface area contributed by atoms with Gasteiger partial charge in [0.15, 0.2) is 23.0 Å². The fourth-order valence-electron chi connectivity index (χ4n) is 2.26.